The molecule has 0 saturated carbocycles. The Morgan fingerprint density at radius 1 is 1.50 bits per heavy atom. The molecule has 2 heterocycles. The first-order chi connectivity index (χ1) is 5.66. The van der Waals surface area contributed by atoms with E-state index in [2.05, 4.69) is 25.9 Å². The Labute approximate surface area is 81.8 Å². The number of nitrogens with two attached hydrogens (primary N) is 1. The molecule has 62 valence electrons. The third-order valence-electron chi connectivity index (χ3n) is 1.48. The van der Waals surface area contributed by atoms with E-state index in [-0.39, 0.29) is 0 Å². The number of aryl methyl sites for hydroxylation is 1. The summed E-state index contributed by atoms with van der Waals surface area (Å²) < 4.78 is 1.98. The number of anilines is 1. The molecule has 12 heavy (non-hydrogen) atoms. The molecular weight excluding hydrogens is 238 g/mol. The van der Waals surface area contributed by atoms with Crippen LogP contribution in [0.2, 0.25) is 0 Å². The largest absolute Gasteiger partial charge is 0.382 e. The maximum absolute atomic E-state index is 5.71. The van der Waals surface area contributed by atoms with Gasteiger partial charge in [0.25, 0.3) is 0 Å². The summed E-state index contributed by atoms with van der Waals surface area (Å²) in [6.07, 6.45) is 0. The van der Waals surface area contributed by atoms with E-state index in [1.165, 1.54) is 0 Å². The standard InChI is InChI=1S/C7H6BrN3S/c1-3-10-4-2-5(8)12-6(4)7(9)11-3/h2H,1H3,(H2,9,10,11). The van der Waals surface area contributed by atoms with E-state index in [9.17, 15) is 0 Å². The highest BCUT2D eigenvalue weighted by molar-refractivity contribution is 9.11. The molecule has 0 bridgehead atoms. The number of nitrogen functional groups attached to an aromatic ring is 1. The zero-order chi connectivity index (χ0) is 8.72. The third-order valence-corrected chi connectivity index (χ3v) is 3.13. The van der Waals surface area contributed by atoms with Gasteiger partial charge in [0, 0.05) is 0 Å². The first-order valence-corrected chi connectivity index (χ1v) is 4.97. The molecule has 2 aromatic rings. The van der Waals surface area contributed by atoms with Crippen LogP contribution in [0, 0.1) is 6.92 Å². The fraction of sp³-hybridized carbons (Fsp3) is 0.143. The monoisotopic (exact) mass is 243 g/mol. The van der Waals surface area contributed by atoms with Crippen molar-refractivity contribution < 1.29 is 0 Å². The number of hydrogen-bond donors (Lipinski definition) is 1. The van der Waals surface area contributed by atoms with Gasteiger partial charge in [0.05, 0.1) is 14.0 Å². The third kappa shape index (κ3) is 1.19. The lowest BCUT2D eigenvalue weighted by Gasteiger charge is -1.95. The Balaban J connectivity index is 2.88. The van der Waals surface area contributed by atoms with Crippen LogP contribution in [0.15, 0.2) is 9.85 Å². The maximum atomic E-state index is 5.71. The Morgan fingerprint density at radius 2 is 2.25 bits per heavy atom. The van der Waals surface area contributed by atoms with Crippen molar-refractivity contribution in [1.29, 1.82) is 0 Å². The van der Waals surface area contributed by atoms with Crippen LogP contribution in [0.3, 0.4) is 0 Å². The van der Waals surface area contributed by atoms with Crippen molar-refractivity contribution in [2.24, 2.45) is 0 Å². The molecule has 0 saturated heterocycles. The van der Waals surface area contributed by atoms with Gasteiger partial charge in [0.15, 0.2) is 0 Å². The number of thiophene rings is 1. The second-order valence-electron chi connectivity index (χ2n) is 2.42. The van der Waals surface area contributed by atoms with Gasteiger partial charge in [-0.05, 0) is 28.9 Å². The van der Waals surface area contributed by atoms with E-state index in [1.807, 2.05) is 13.0 Å². The molecule has 0 fully saturated rings. The molecule has 0 atom stereocenters. The van der Waals surface area contributed by atoms with Crippen LogP contribution in [0.1, 0.15) is 5.82 Å². The van der Waals surface area contributed by atoms with Gasteiger partial charge in [-0.2, -0.15) is 0 Å². The molecule has 2 rings (SSSR count). The minimum atomic E-state index is 0.563. The lowest BCUT2D eigenvalue weighted by Crippen LogP contribution is -1.94. The molecule has 5 heteroatoms. The highest BCUT2D eigenvalue weighted by Crippen LogP contribution is 2.31. The first kappa shape index (κ1) is 7.94. The molecule has 0 aliphatic rings. The minimum absolute atomic E-state index is 0.563. The molecule has 2 N–H and O–H groups in total. The van der Waals surface area contributed by atoms with Crippen LogP contribution in [-0.2, 0) is 0 Å². The molecule has 0 spiro atoms. The molecule has 0 amide bonds. The van der Waals surface area contributed by atoms with Gasteiger partial charge in [0.2, 0.25) is 0 Å². The van der Waals surface area contributed by atoms with Crippen LogP contribution in [-0.4, -0.2) is 9.97 Å². The van der Waals surface area contributed by atoms with Gasteiger partial charge in [0.1, 0.15) is 11.6 Å². The Kier molecular flexibility index (Phi) is 1.77. The molecule has 0 aliphatic heterocycles. The van der Waals surface area contributed by atoms with E-state index in [0.29, 0.717) is 11.6 Å². The predicted molar refractivity (Wildman–Crippen MR) is 54.3 cm³/mol. The second kappa shape index (κ2) is 2.67. The minimum Gasteiger partial charge on any atom is -0.382 e. The predicted octanol–water partition coefficient (Wildman–Crippen LogP) is 2.34. The molecule has 0 aliphatic carbocycles. The Morgan fingerprint density at radius 3 is 3.00 bits per heavy atom. The number of fused-ring (bicyclic) bond motifs is 1. The fourth-order valence-electron chi connectivity index (χ4n) is 1.04. The van der Waals surface area contributed by atoms with Crippen LogP contribution in [0.25, 0.3) is 10.2 Å². The van der Waals surface area contributed by atoms with E-state index in [0.717, 1.165) is 14.0 Å². The molecule has 3 nitrogen and oxygen atoms in total. The number of nitrogens with zero attached hydrogens (tertiary/aromatic N) is 2. The SMILES string of the molecule is Cc1nc(N)c2sc(Br)cc2n1. The smallest absolute Gasteiger partial charge is 0.145 e. The number of rotatable bonds is 0. The number of aromatic nitrogens is 2. The quantitative estimate of drug-likeness (QED) is 0.773. The van der Waals surface area contributed by atoms with E-state index >= 15 is 0 Å². The Bertz CT molecular complexity index is 437. The topological polar surface area (TPSA) is 51.8 Å². The van der Waals surface area contributed by atoms with Crippen LogP contribution in [0.4, 0.5) is 5.82 Å². The average Bonchev–Trinajstić information content (AvgIpc) is 2.29. The summed E-state index contributed by atoms with van der Waals surface area (Å²) in [6.45, 7) is 1.83. The highest BCUT2D eigenvalue weighted by atomic mass is 79.9. The first-order valence-electron chi connectivity index (χ1n) is 3.36. The van der Waals surface area contributed by atoms with Crippen LogP contribution >= 0.6 is 27.3 Å². The van der Waals surface area contributed by atoms with Gasteiger partial charge in [-0.15, -0.1) is 11.3 Å². The summed E-state index contributed by atoms with van der Waals surface area (Å²) in [4.78, 5) is 8.32. The summed E-state index contributed by atoms with van der Waals surface area (Å²) in [7, 11) is 0. The Hall–Kier alpha value is -0.680. The fourth-order valence-corrected chi connectivity index (χ4v) is 2.47. The van der Waals surface area contributed by atoms with E-state index < -0.39 is 0 Å². The molecule has 0 radical (unpaired) electrons. The van der Waals surface area contributed by atoms with Crippen LogP contribution in [0.5, 0.6) is 0 Å². The van der Waals surface area contributed by atoms with Gasteiger partial charge in [-0.25, -0.2) is 9.97 Å². The summed E-state index contributed by atoms with van der Waals surface area (Å²) in [5.74, 6) is 1.28. The van der Waals surface area contributed by atoms with Crippen molar-refractivity contribution in [3.05, 3.63) is 15.7 Å². The zero-order valence-electron chi connectivity index (χ0n) is 6.34. The molecule has 2 aromatic heterocycles. The second-order valence-corrected chi connectivity index (χ2v) is 4.85. The van der Waals surface area contributed by atoms with Crippen molar-refractivity contribution >= 4 is 43.3 Å². The van der Waals surface area contributed by atoms with Gasteiger partial charge in [-0.3, -0.25) is 0 Å². The van der Waals surface area contributed by atoms with Crippen molar-refractivity contribution in [3.63, 3.8) is 0 Å². The van der Waals surface area contributed by atoms with Crippen molar-refractivity contribution in [1.82, 2.24) is 9.97 Å². The van der Waals surface area contributed by atoms with Gasteiger partial charge in [-0.1, -0.05) is 0 Å². The average molecular weight is 244 g/mol. The molecule has 0 unspecified atom stereocenters. The summed E-state index contributed by atoms with van der Waals surface area (Å²) >= 11 is 4.93. The van der Waals surface area contributed by atoms with E-state index in [4.69, 9.17) is 5.73 Å². The van der Waals surface area contributed by atoms with Gasteiger partial charge < -0.3 is 5.73 Å². The number of hydrogen-bond acceptors (Lipinski definition) is 4. The van der Waals surface area contributed by atoms with Crippen molar-refractivity contribution in [2.45, 2.75) is 6.92 Å². The van der Waals surface area contributed by atoms with Gasteiger partial charge >= 0.3 is 0 Å². The van der Waals surface area contributed by atoms with Crippen LogP contribution < -0.4 is 5.73 Å². The molecule has 0 aromatic carbocycles. The number of halogens is 1. The summed E-state index contributed by atoms with van der Waals surface area (Å²) in [5.41, 5.74) is 6.62. The maximum Gasteiger partial charge on any atom is 0.145 e. The normalized spacial score (nSPS) is 10.8. The summed E-state index contributed by atoms with van der Waals surface area (Å²) in [6, 6.07) is 1.95. The zero-order valence-corrected chi connectivity index (χ0v) is 8.74. The molecular formula is C7H6BrN3S. The highest BCUT2D eigenvalue weighted by Gasteiger charge is 2.05. The van der Waals surface area contributed by atoms with Crippen molar-refractivity contribution in [2.75, 3.05) is 5.73 Å². The lowest BCUT2D eigenvalue weighted by molar-refractivity contribution is 1.10. The lowest BCUT2D eigenvalue weighted by atomic mass is 10.4. The van der Waals surface area contributed by atoms with Crippen molar-refractivity contribution in [3.8, 4) is 0 Å². The summed E-state index contributed by atoms with van der Waals surface area (Å²) in [5, 5.41) is 0. The van der Waals surface area contributed by atoms with E-state index in [1.54, 1.807) is 11.3 Å².